The molecule has 76 valence electrons. The summed E-state index contributed by atoms with van der Waals surface area (Å²) >= 11 is 1.44. The van der Waals surface area contributed by atoms with Gasteiger partial charge in [0.05, 0.1) is 16.9 Å². The third kappa shape index (κ3) is 2.17. The SMILES string of the molecule is CCSc1cccc(OC)c1[N+](=O)[O-]. The first-order chi connectivity index (χ1) is 6.70. The molecule has 0 saturated carbocycles. The van der Waals surface area contributed by atoms with Crippen LogP contribution in [-0.2, 0) is 0 Å². The number of hydrogen-bond acceptors (Lipinski definition) is 4. The van der Waals surface area contributed by atoms with Crippen molar-refractivity contribution in [1.82, 2.24) is 0 Å². The summed E-state index contributed by atoms with van der Waals surface area (Å²) in [5, 5.41) is 10.8. The van der Waals surface area contributed by atoms with E-state index in [0.29, 0.717) is 10.6 Å². The monoisotopic (exact) mass is 213 g/mol. The van der Waals surface area contributed by atoms with Gasteiger partial charge in [-0.15, -0.1) is 11.8 Å². The Morgan fingerprint density at radius 3 is 2.79 bits per heavy atom. The zero-order valence-corrected chi connectivity index (χ0v) is 8.84. The van der Waals surface area contributed by atoms with Crippen LogP contribution in [0, 0.1) is 10.1 Å². The van der Waals surface area contributed by atoms with E-state index in [2.05, 4.69) is 0 Å². The van der Waals surface area contributed by atoms with Gasteiger partial charge in [0.25, 0.3) is 0 Å². The number of methoxy groups -OCH3 is 1. The Balaban J connectivity index is 3.20. The Morgan fingerprint density at radius 1 is 1.57 bits per heavy atom. The lowest BCUT2D eigenvalue weighted by atomic mass is 10.3. The van der Waals surface area contributed by atoms with Gasteiger partial charge in [0, 0.05) is 0 Å². The van der Waals surface area contributed by atoms with E-state index in [1.807, 2.05) is 6.92 Å². The Morgan fingerprint density at radius 2 is 2.29 bits per heavy atom. The Bertz CT molecular complexity index is 341. The van der Waals surface area contributed by atoms with Crippen molar-refractivity contribution in [2.75, 3.05) is 12.9 Å². The summed E-state index contributed by atoms with van der Waals surface area (Å²) in [5.74, 6) is 1.11. The third-order valence-electron chi connectivity index (χ3n) is 1.66. The van der Waals surface area contributed by atoms with Gasteiger partial charge in [0.2, 0.25) is 0 Å². The molecule has 0 N–H and O–H groups in total. The lowest BCUT2D eigenvalue weighted by Gasteiger charge is -2.04. The Hall–Kier alpha value is -1.23. The lowest BCUT2D eigenvalue weighted by Crippen LogP contribution is -1.95. The summed E-state index contributed by atoms with van der Waals surface area (Å²) in [6.45, 7) is 1.95. The zero-order chi connectivity index (χ0) is 10.6. The first-order valence-corrected chi connectivity index (χ1v) is 5.13. The second-order valence-corrected chi connectivity index (χ2v) is 3.80. The number of para-hydroxylation sites is 1. The van der Waals surface area contributed by atoms with Crippen LogP contribution in [0.25, 0.3) is 0 Å². The van der Waals surface area contributed by atoms with E-state index < -0.39 is 4.92 Å². The first kappa shape index (κ1) is 10.8. The van der Waals surface area contributed by atoms with Gasteiger partial charge in [-0.05, 0) is 17.9 Å². The van der Waals surface area contributed by atoms with Gasteiger partial charge in [0.15, 0.2) is 5.75 Å². The van der Waals surface area contributed by atoms with Crippen LogP contribution in [0.4, 0.5) is 5.69 Å². The fraction of sp³-hybridized carbons (Fsp3) is 0.333. The van der Waals surface area contributed by atoms with Crippen molar-refractivity contribution in [3.8, 4) is 5.75 Å². The van der Waals surface area contributed by atoms with Crippen molar-refractivity contribution in [2.24, 2.45) is 0 Å². The number of nitro benzene ring substituents is 1. The topological polar surface area (TPSA) is 52.4 Å². The van der Waals surface area contributed by atoms with Crippen LogP contribution in [0.15, 0.2) is 23.1 Å². The predicted octanol–water partition coefficient (Wildman–Crippen LogP) is 2.72. The van der Waals surface area contributed by atoms with Gasteiger partial charge in [-0.25, -0.2) is 0 Å². The minimum absolute atomic E-state index is 0.0573. The highest BCUT2D eigenvalue weighted by Gasteiger charge is 2.19. The van der Waals surface area contributed by atoms with Crippen LogP contribution < -0.4 is 4.74 Å². The normalized spacial score (nSPS) is 9.86. The van der Waals surface area contributed by atoms with Crippen molar-refractivity contribution in [3.63, 3.8) is 0 Å². The number of nitro groups is 1. The van der Waals surface area contributed by atoms with Crippen LogP contribution in [0.2, 0.25) is 0 Å². The maximum absolute atomic E-state index is 10.8. The van der Waals surface area contributed by atoms with E-state index in [-0.39, 0.29) is 5.69 Å². The summed E-state index contributed by atoms with van der Waals surface area (Å²) < 4.78 is 4.94. The molecule has 0 aliphatic heterocycles. The molecule has 0 aliphatic rings. The highest BCUT2D eigenvalue weighted by Crippen LogP contribution is 2.36. The van der Waals surface area contributed by atoms with E-state index >= 15 is 0 Å². The summed E-state index contributed by atoms with van der Waals surface area (Å²) in [6, 6.07) is 5.08. The van der Waals surface area contributed by atoms with Crippen LogP contribution in [0.5, 0.6) is 5.75 Å². The maximum Gasteiger partial charge on any atom is 0.324 e. The first-order valence-electron chi connectivity index (χ1n) is 4.15. The van der Waals surface area contributed by atoms with E-state index in [1.54, 1.807) is 18.2 Å². The molecular weight excluding hydrogens is 202 g/mol. The molecule has 5 heteroatoms. The molecular formula is C9H11NO3S. The van der Waals surface area contributed by atoms with E-state index in [4.69, 9.17) is 4.74 Å². The fourth-order valence-corrected chi connectivity index (χ4v) is 1.92. The highest BCUT2D eigenvalue weighted by molar-refractivity contribution is 7.99. The maximum atomic E-state index is 10.8. The van der Waals surface area contributed by atoms with E-state index in [1.165, 1.54) is 18.9 Å². The quantitative estimate of drug-likeness (QED) is 0.438. The third-order valence-corrected chi connectivity index (χ3v) is 2.59. The molecule has 4 nitrogen and oxygen atoms in total. The van der Waals surface area contributed by atoms with Gasteiger partial charge in [0.1, 0.15) is 0 Å². The number of hydrogen-bond donors (Lipinski definition) is 0. The second-order valence-electron chi connectivity index (χ2n) is 2.50. The Labute approximate surface area is 86.4 Å². The summed E-state index contributed by atoms with van der Waals surface area (Å²) in [5.41, 5.74) is 0.0573. The molecule has 1 aromatic carbocycles. The van der Waals surface area contributed by atoms with Crippen molar-refractivity contribution in [1.29, 1.82) is 0 Å². The molecule has 0 saturated heterocycles. The lowest BCUT2D eigenvalue weighted by molar-refractivity contribution is -0.388. The minimum atomic E-state index is -0.406. The molecule has 0 spiro atoms. The summed E-state index contributed by atoms with van der Waals surface area (Å²) in [6.07, 6.45) is 0. The van der Waals surface area contributed by atoms with E-state index in [9.17, 15) is 10.1 Å². The van der Waals surface area contributed by atoms with Gasteiger partial charge in [-0.2, -0.15) is 0 Å². The summed E-state index contributed by atoms with van der Waals surface area (Å²) in [4.78, 5) is 11.0. The van der Waals surface area contributed by atoms with Gasteiger partial charge in [-0.3, -0.25) is 10.1 Å². The van der Waals surface area contributed by atoms with Crippen LogP contribution in [-0.4, -0.2) is 17.8 Å². The average Bonchev–Trinajstić information content (AvgIpc) is 2.17. The molecule has 0 atom stereocenters. The van der Waals surface area contributed by atoms with Crippen molar-refractivity contribution in [2.45, 2.75) is 11.8 Å². The molecule has 1 aromatic rings. The number of rotatable bonds is 4. The number of benzene rings is 1. The van der Waals surface area contributed by atoms with Crippen LogP contribution >= 0.6 is 11.8 Å². The predicted molar refractivity (Wildman–Crippen MR) is 56.0 cm³/mol. The van der Waals surface area contributed by atoms with Crippen LogP contribution in [0.1, 0.15) is 6.92 Å². The van der Waals surface area contributed by atoms with Gasteiger partial charge in [-0.1, -0.05) is 13.0 Å². The minimum Gasteiger partial charge on any atom is -0.490 e. The molecule has 0 fully saturated rings. The molecule has 0 amide bonds. The van der Waals surface area contributed by atoms with Crippen molar-refractivity contribution < 1.29 is 9.66 Å². The zero-order valence-electron chi connectivity index (χ0n) is 8.02. The smallest absolute Gasteiger partial charge is 0.324 e. The van der Waals surface area contributed by atoms with Crippen LogP contribution in [0.3, 0.4) is 0 Å². The molecule has 0 aromatic heterocycles. The molecule has 0 heterocycles. The average molecular weight is 213 g/mol. The molecule has 0 aliphatic carbocycles. The summed E-state index contributed by atoms with van der Waals surface area (Å²) in [7, 11) is 1.43. The van der Waals surface area contributed by atoms with Gasteiger partial charge >= 0.3 is 5.69 Å². The molecule has 0 unspecified atom stereocenters. The largest absolute Gasteiger partial charge is 0.490 e. The number of ether oxygens (including phenoxy) is 1. The van der Waals surface area contributed by atoms with Crippen molar-refractivity contribution >= 4 is 17.4 Å². The standard InChI is InChI=1S/C9H11NO3S/c1-3-14-8-6-4-5-7(13-2)9(8)10(11)12/h4-6H,3H2,1-2H3. The molecule has 1 rings (SSSR count). The molecule has 0 radical (unpaired) electrons. The number of thioether (sulfide) groups is 1. The molecule has 14 heavy (non-hydrogen) atoms. The van der Waals surface area contributed by atoms with Gasteiger partial charge < -0.3 is 4.74 Å². The highest BCUT2D eigenvalue weighted by atomic mass is 32.2. The molecule has 0 bridgehead atoms. The van der Waals surface area contributed by atoms with E-state index in [0.717, 1.165) is 5.75 Å². The number of nitrogens with zero attached hydrogens (tertiary/aromatic N) is 1. The van der Waals surface area contributed by atoms with Crippen molar-refractivity contribution in [3.05, 3.63) is 28.3 Å². The fourth-order valence-electron chi connectivity index (χ4n) is 1.12. The Kier molecular flexibility index (Phi) is 3.76. The second kappa shape index (κ2) is 4.85.